The summed E-state index contributed by atoms with van der Waals surface area (Å²) in [6, 6.07) is 6.84. The zero-order chi connectivity index (χ0) is 11.8. The standard InChI is InChI=1S/C13H19BrN2/c1-13(2,3)16-9-7-10-11(14)5-4-6-12(10)15-8-9/h4-6,9,15-16H,7-8H2,1-3H3. The van der Waals surface area contributed by atoms with Gasteiger partial charge in [-0.15, -0.1) is 0 Å². The topological polar surface area (TPSA) is 24.1 Å². The molecule has 0 saturated carbocycles. The Morgan fingerprint density at radius 2 is 2.12 bits per heavy atom. The second-order valence-corrected chi connectivity index (χ2v) is 6.30. The van der Waals surface area contributed by atoms with Gasteiger partial charge in [-0.1, -0.05) is 22.0 Å². The quantitative estimate of drug-likeness (QED) is 0.827. The van der Waals surface area contributed by atoms with Gasteiger partial charge in [-0.3, -0.25) is 0 Å². The van der Waals surface area contributed by atoms with Gasteiger partial charge in [-0.2, -0.15) is 0 Å². The monoisotopic (exact) mass is 282 g/mol. The molecule has 16 heavy (non-hydrogen) atoms. The molecule has 2 nitrogen and oxygen atoms in total. The van der Waals surface area contributed by atoms with E-state index < -0.39 is 0 Å². The molecule has 1 heterocycles. The third kappa shape index (κ3) is 2.77. The first-order chi connectivity index (χ1) is 7.46. The van der Waals surface area contributed by atoms with E-state index in [0.717, 1.165) is 13.0 Å². The maximum atomic E-state index is 3.64. The van der Waals surface area contributed by atoms with Crippen LogP contribution < -0.4 is 10.6 Å². The molecular weight excluding hydrogens is 264 g/mol. The maximum Gasteiger partial charge on any atom is 0.0385 e. The molecule has 0 spiro atoms. The minimum Gasteiger partial charge on any atom is -0.383 e. The number of fused-ring (bicyclic) bond motifs is 1. The van der Waals surface area contributed by atoms with E-state index in [2.05, 4.69) is 65.5 Å². The minimum absolute atomic E-state index is 0.172. The molecule has 2 rings (SSSR count). The highest BCUT2D eigenvalue weighted by atomic mass is 79.9. The second kappa shape index (κ2) is 4.38. The van der Waals surface area contributed by atoms with E-state index in [-0.39, 0.29) is 5.54 Å². The van der Waals surface area contributed by atoms with Gasteiger partial charge in [0.05, 0.1) is 0 Å². The van der Waals surface area contributed by atoms with Crippen molar-refractivity contribution in [1.29, 1.82) is 0 Å². The van der Waals surface area contributed by atoms with Crippen LogP contribution in [-0.2, 0) is 6.42 Å². The lowest BCUT2D eigenvalue weighted by Gasteiger charge is -2.33. The predicted molar refractivity (Wildman–Crippen MR) is 73.0 cm³/mol. The molecule has 1 aromatic carbocycles. The average Bonchev–Trinajstić information content (AvgIpc) is 2.17. The summed E-state index contributed by atoms with van der Waals surface area (Å²) in [6.45, 7) is 7.63. The Labute approximate surface area is 106 Å². The summed E-state index contributed by atoms with van der Waals surface area (Å²) in [5.74, 6) is 0. The van der Waals surface area contributed by atoms with Crippen LogP contribution >= 0.6 is 15.9 Å². The van der Waals surface area contributed by atoms with Gasteiger partial charge in [0, 0.05) is 28.3 Å². The van der Waals surface area contributed by atoms with Gasteiger partial charge in [-0.05, 0) is 44.9 Å². The smallest absolute Gasteiger partial charge is 0.0385 e. The van der Waals surface area contributed by atoms with Crippen LogP contribution in [0.3, 0.4) is 0 Å². The number of hydrogen-bond donors (Lipinski definition) is 2. The number of benzene rings is 1. The van der Waals surface area contributed by atoms with Gasteiger partial charge >= 0.3 is 0 Å². The molecule has 1 aliphatic rings. The van der Waals surface area contributed by atoms with Gasteiger partial charge in [-0.25, -0.2) is 0 Å². The Bertz CT molecular complexity index is 382. The normalized spacial score (nSPS) is 20.1. The molecule has 1 aromatic rings. The predicted octanol–water partition coefficient (Wildman–Crippen LogP) is 3.17. The maximum absolute atomic E-state index is 3.64. The largest absolute Gasteiger partial charge is 0.383 e. The van der Waals surface area contributed by atoms with Crippen molar-refractivity contribution in [3.05, 3.63) is 28.2 Å². The van der Waals surface area contributed by atoms with Gasteiger partial charge in [0.2, 0.25) is 0 Å². The molecule has 0 amide bonds. The van der Waals surface area contributed by atoms with Crippen LogP contribution in [0.1, 0.15) is 26.3 Å². The minimum atomic E-state index is 0.172. The number of anilines is 1. The van der Waals surface area contributed by atoms with Gasteiger partial charge < -0.3 is 10.6 Å². The van der Waals surface area contributed by atoms with Crippen molar-refractivity contribution in [2.75, 3.05) is 11.9 Å². The Morgan fingerprint density at radius 1 is 1.38 bits per heavy atom. The van der Waals surface area contributed by atoms with Crippen molar-refractivity contribution in [3.8, 4) is 0 Å². The molecule has 0 saturated heterocycles. The van der Waals surface area contributed by atoms with Crippen molar-refractivity contribution in [1.82, 2.24) is 5.32 Å². The first-order valence-corrected chi connectivity index (χ1v) is 6.54. The third-order valence-corrected chi connectivity index (χ3v) is 3.49. The molecule has 2 N–H and O–H groups in total. The van der Waals surface area contributed by atoms with Gasteiger partial charge in [0.15, 0.2) is 0 Å². The molecule has 0 bridgehead atoms. The molecule has 0 aromatic heterocycles. The van der Waals surface area contributed by atoms with Crippen LogP contribution in [0.15, 0.2) is 22.7 Å². The lowest BCUT2D eigenvalue weighted by molar-refractivity contribution is 0.360. The molecular formula is C13H19BrN2. The summed E-state index contributed by atoms with van der Waals surface area (Å²) in [5.41, 5.74) is 2.82. The van der Waals surface area contributed by atoms with Crippen LogP contribution in [0.5, 0.6) is 0 Å². The third-order valence-electron chi connectivity index (χ3n) is 2.75. The fourth-order valence-electron chi connectivity index (χ4n) is 2.20. The van der Waals surface area contributed by atoms with Gasteiger partial charge in [0.1, 0.15) is 0 Å². The summed E-state index contributed by atoms with van der Waals surface area (Å²) in [6.07, 6.45) is 1.08. The molecule has 1 aliphatic heterocycles. The zero-order valence-electron chi connectivity index (χ0n) is 10.1. The Morgan fingerprint density at radius 3 is 2.81 bits per heavy atom. The lowest BCUT2D eigenvalue weighted by Crippen LogP contribution is -2.49. The van der Waals surface area contributed by atoms with Crippen LogP contribution in [0, 0.1) is 0 Å². The van der Waals surface area contributed by atoms with Crippen molar-refractivity contribution in [2.24, 2.45) is 0 Å². The summed E-state index contributed by atoms with van der Waals surface area (Å²) in [7, 11) is 0. The van der Waals surface area contributed by atoms with Crippen molar-refractivity contribution < 1.29 is 0 Å². The van der Waals surface area contributed by atoms with Crippen LogP contribution in [0.2, 0.25) is 0 Å². The zero-order valence-corrected chi connectivity index (χ0v) is 11.7. The molecule has 0 radical (unpaired) electrons. The van der Waals surface area contributed by atoms with E-state index in [0.29, 0.717) is 6.04 Å². The molecule has 3 heteroatoms. The first kappa shape index (κ1) is 11.9. The van der Waals surface area contributed by atoms with E-state index in [1.807, 2.05) is 0 Å². The van der Waals surface area contributed by atoms with E-state index in [4.69, 9.17) is 0 Å². The van der Waals surface area contributed by atoms with E-state index in [1.54, 1.807) is 0 Å². The lowest BCUT2D eigenvalue weighted by atomic mass is 9.97. The van der Waals surface area contributed by atoms with Crippen LogP contribution in [-0.4, -0.2) is 18.1 Å². The Hall–Kier alpha value is -0.540. The first-order valence-electron chi connectivity index (χ1n) is 5.75. The fraction of sp³-hybridized carbons (Fsp3) is 0.538. The molecule has 1 atom stereocenters. The van der Waals surface area contributed by atoms with Crippen molar-refractivity contribution >= 4 is 21.6 Å². The van der Waals surface area contributed by atoms with E-state index in [9.17, 15) is 0 Å². The Balaban J connectivity index is 2.14. The number of nitrogens with one attached hydrogen (secondary N) is 2. The summed E-state index contributed by atoms with van der Waals surface area (Å²) < 4.78 is 1.21. The molecule has 0 aliphatic carbocycles. The molecule has 1 unspecified atom stereocenters. The number of rotatable bonds is 1. The average molecular weight is 283 g/mol. The van der Waals surface area contributed by atoms with Gasteiger partial charge in [0.25, 0.3) is 0 Å². The van der Waals surface area contributed by atoms with Crippen molar-refractivity contribution in [3.63, 3.8) is 0 Å². The van der Waals surface area contributed by atoms with Crippen molar-refractivity contribution in [2.45, 2.75) is 38.8 Å². The highest BCUT2D eigenvalue weighted by Crippen LogP contribution is 2.29. The molecule has 88 valence electrons. The second-order valence-electron chi connectivity index (χ2n) is 5.44. The summed E-state index contributed by atoms with van der Waals surface area (Å²) >= 11 is 3.62. The van der Waals surface area contributed by atoms with E-state index >= 15 is 0 Å². The summed E-state index contributed by atoms with van der Waals surface area (Å²) in [4.78, 5) is 0. The van der Waals surface area contributed by atoms with E-state index in [1.165, 1.54) is 15.7 Å². The Kier molecular flexibility index (Phi) is 3.27. The molecule has 0 fully saturated rings. The number of hydrogen-bond acceptors (Lipinski definition) is 2. The van der Waals surface area contributed by atoms with Crippen LogP contribution in [0.25, 0.3) is 0 Å². The SMILES string of the molecule is CC(C)(C)NC1CNc2cccc(Br)c2C1. The number of halogens is 1. The highest BCUT2D eigenvalue weighted by Gasteiger charge is 2.23. The van der Waals surface area contributed by atoms with Crippen LogP contribution in [0.4, 0.5) is 5.69 Å². The fourth-order valence-corrected chi connectivity index (χ4v) is 2.73. The highest BCUT2D eigenvalue weighted by molar-refractivity contribution is 9.10. The summed E-state index contributed by atoms with van der Waals surface area (Å²) in [5, 5.41) is 7.13.